The van der Waals surface area contributed by atoms with Crippen LogP contribution in [0, 0.1) is 0 Å². The predicted octanol–water partition coefficient (Wildman–Crippen LogP) is 6.07. The molecule has 0 atom stereocenters. The minimum Gasteiger partial charge on any atom is -0.481 e. The third-order valence-corrected chi connectivity index (χ3v) is 6.06. The van der Waals surface area contributed by atoms with Crippen LogP contribution in [0.1, 0.15) is 30.6 Å². The van der Waals surface area contributed by atoms with E-state index in [9.17, 15) is 22.8 Å². The van der Waals surface area contributed by atoms with Crippen LogP contribution < -0.4 is 0 Å². The predicted molar refractivity (Wildman–Crippen MR) is 116 cm³/mol. The van der Waals surface area contributed by atoms with Crippen LogP contribution in [0.15, 0.2) is 39.7 Å². The normalized spacial score (nSPS) is 15.9. The van der Waals surface area contributed by atoms with Gasteiger partial charge >= 0.3 is 12.1 Å². The first kappa shape index (κ1) is 23.4. The van der Waals surface area contributed by atoms with Crippen molar-refractivity contribution in [3.05, 3.63) is 51.6 Å². The van der Waals surface area contributed by atoms with Gasteiger partial charge in [0.25, 0.3) is 5.91 Å². The Hall–Kier alpha value is -2.30. The Bertz CT molecular complexity index is 1060. The molecule has 0 aliphatic carbocycles. The Morgan fingerprint density at radius 3 is 2.68 bits per heavy atom. The first-order chi connectivity index (χ1) is 14.6. The number of alkyl halides is 3. The Labute approximate surface area is 189 Å². The van der Waals surface area contributed by atoms with Crippen molar-refractivity contribution in [1.82, 2.24) is 4.90 Å². The number of unbranched alkanes of at least 4 members (excludes halogenated alkanes) is 1. The number of hydrogen-bond donors (Lipinski definition) is 1. The first-order valence-corrected chi connectivity index (χ1v) is 10.6. The highest BCUT2D eigenvalue weighted by atomic mass is 35.5. The summed E-state index contributed by atoms with van der Waals surface area (Å²) >= 11 is 12.3. The van der Waals surface area contributed by atoms with Crippen LogP contribution in [-0.4, -0.2) is 32.7 Å². The molecule has 1 saturated heterocycles. The number of hydrogen-bond acceptors (Lipinski definition) is 5. The van der Waals surface area contributed by atoms with Crippen LogP contribution in [-0.2, 0) is 15.8 Å². The Balaban J connectivity index is 1.76. The lowest BCUT2D eigenvalue weighted by atomic mass is 10.1. The lowest BCUT2D eigenvalue weighted by Crippen LogP contribution is -2.29. The van der Waals surface area contributed by atoms with Gasteiger partial charge in [0.15, 0.2) is 0 Å². The smallest absolute Gasteiger partial charge is 0.416 e. The molecule has 5 nitrogen and oxygen atoms in total. The Morgan fingerprint density at radius 2 is 2.00 bits per heavy atom. The molecule has 0 radical (unpaired) electrons. The first-order valence-electron chi connectivity index (χ1n) is 9.00. The number of nitrogens with zero attached hydrogens (tertiary/aromatic N) is 1. The number of thioether (sulfide) groups is 1. The van der Waals surface area contributed by atoms with E-state index in [1.807, 2.05) is 0 Å². The lowest BCUT2D eigenvalue weighted by molar-refractivity contribution is -0.138. The molecule has 2 heterocycles. The largest absolute Gasteiger partial charge is 0.481 e. The number of carboxylic acid groups (broad SMARTS) is 1. The van der Waals surface area contributed by atoms with Gasteiger partial charge in [-0.3, -0.25) is 14.5 Å². The standard InChI is InChI=1S/C20H15ClF3NO4S2/c21-14-6-4-11(20(22,23)24)9-13(14)15-7-5-12(29-15)10-16-18(28)25(19(30)31-16)8-2-1-3-17(26)27/h4-7,9-10H,1-3,8H2,(H,26,27). The van der Waals surface area contributed by atoms with E-state index in [0.717, 1.165) is 30.0 Å². The highest BCUT2D eigenvalue weighted by Gasteiger charge is 2.33. The second kappa shape index (κ2) is 9.46. The number of carbonyl (C=O) groups excluding carboxylic acids is 1. The summed E-state index contributed by atoms with van der Waals surface area (Å²) < 4.78 is 44.9. The molecule has 1 amide bonds. The topological polar surface area (TPSA) is 70.8 Å². The fraction of sp³-hybridized carbons (Fsp3) is 0.250. The molecule has 0 saturated carbocycles. The summed E-state index contributed by atoms with van der Waals surface area (Å²) in [5.74, 6) is -0.846. The van der Waals surface area contributed by atoms with Crippen molar-refractivity contribution in [3.8, 4) is 11.3 Å². The molecule has 1 aromatic heterocycles. The quantitative estimate of drug-likeness (QED) is 0.289. The molecule has 3 rings (SSSR count). The van der Waals surface area contributed by atoms with Gasteiger partial charge in [-0.2, -0.15) is 13.2 Å². The van der Waals surface area contributed by atoms with Crippen LogP contribution in [0.25, 0.3) is 17.4 Å². The molecule has 1 aromatic carbocycles. The zero-order valence-electron chi connectivity index (χ0n) is 15.7. The maximum absolute atomic E-state index is 13.0. The SMILES string of the molecule is O=C(O)CCCCN1C(=O)C(=Cc2ccc(-c3cc(C(F)(F)F)ccc3Cl)o2)SC1=S. The zero-order valence-corrected chi connectivity index (χ0v) is 18.1. The number of aliphatic carboxylic acids is 1. The van der Waals surface area contributed by atoms with E-state index in [4.69, 9.17) is 33.3 Å². The minimum atomic E-state index is -4.52. The van der Waals surface area contributed by atoms with Gasteiger partial charge in [0.05, 0.1) is 15.5 Å². The van der Waals surface area contributed by atoms with E-state index >= 15 is 0 Å². The van der Waals surface area contributed by atoms with Crippen molar-refractivity contribution in [2.75, 3.05) is 6.54 Å². The van der Waals surface area contributed by atoms with Gasteiger partial charge in [0.1, 0.15) is 15.8 Å². The number of rotatable bonds is 7. The van der Waals surface area contributed by atoms with E-state index in [2.05, 4.69) is 0 Å². The van der Waals surface area contributed by atoms with E-state index in [1.54, 1.807) is 0 Å². The number of halogens is 4. The average molecular weight is 490 g/mol. The summed E-state index contributed by atoms with van der Waals surface area (Å²) in [6.45, 7) is 0.304. The summed E-state index contributed by atoms with van der Waals surface area (Å²) in [4.78, 5) is 24.9. The number of carbonyl (C=O) groups is 2. The number of furan rings is 1. The van der Waals surface area contributed by atoms with Gasteiger partial charge in [-0.15, -0.1) is 0 Å². The van der Waals surface area contributed by atoms with Gasteiger partial charge in [-0.05, 0) is 43.2 Å². The van der Waals surface area contributed by atoms with Gasteiger partial charge in [-0.1, -0.05) is 35.6 Å². The van der Waals surface area contributed by atoms with Gasteiger partial charge in [0.2, 0.25) is 0 Å². The third kappa shape index (κ3) is 5.69. The van der Waals surface area contributed by atoms with Crippen LogP contribution in [0.2, 0.25) is 5.02 Å². The van der Waals surface area contributed by atoms with Crippen LogP contribution in [0.5, 0.6) is 0 Å². The summed E-state index contributed by atoms with van der Waals surface area (Å²) in [6, 6.07) is 5.93. The summed E-state index contributed by atoms with van der Waals surface area (Å²) in [6.07, 6.45) is -2.14. The van der Waals surface area contributed by atoms with Crippen molar-refractivity contribution in [1.29, 1.82) is 0 Å². The molecule has 0 bridgehead atoms. The molecule has 0 unspecified atom stereocenters. The van der Waals surface area contributed by atoms with E-state index in [1.165, 1.54) is 23.1 Å². The molecule has 31 heavy (non-hydrogen) atoms. The summed E-state index contributed by atoms with van der Waals surface area (Å²) in [7, 11) is 0. The maximum atomic E-state index is 13.0. The third-order valence-electron chi connectivity index (χ3n) is 4.36. The van der Waals surface area contributed by atoms with Crippen LogP contribution in [0.3, 0.4) is 0 Å². The number of amides is 1. The van der Waals surface area contributed by atoms with E-state index < -0.39 is 17.7 Å². The molecule has 1 aliphatic rings. The van der Waals surface area contributed by atoms with Gasteiger partial charge < -0.3 is 9.52 Å². The van der Waals surface area contributed by atoms with Crippen molar-refractivity contribution in [3.63, 3.8) is 0 Å². The number of thiocarbonyl (C=S) groups is 1. The van der Waals surface area contributed by atoms with Gasteiger partial charge in [0, 0.05) is 24.6 Å². The molecule has 1 aliphatic heterocycles. The Morgan fingerprint density at radius 1 is 1.26 bits per heavy atom. The highest BCUT2D eigenvalue weighted by Crippen LogP contribution is 2.38. The fourth-order valence-corrected chi connectivity index (χ4v) is 4.33. The summed E-state index contributed by atoms with van der Waals surface area (Å²) in [5.41, 5.74) is -0.768. The van der Waals surface area contributed by atoms with Crippen LogP contribution in [0.4, 0.5) is 13.2 Å². The minimum absolute atomic E-state index is 0.0118. The highest BCUT2D eigenvalue weighted by molar-refractivity contribution is 8.26. The fourth-order valence-electron chi connectivity index (χ4n) is 2.83. The molecule has 11 heteroatoms. The molecule has 2 aromatic rings. The average Bonchev–Trinajstić information content (AvgIpc) is 3.24. The lowest BCUT2D eigenvalue weighted by Gasteiger charge is -2.13. The second-order valence-electron chi connectivity index (χ2n) is 6.58. The van der Waals surface area contributed by atoms with Crippen molar-refractivity contribution >= 4 is 57.9 Å². The molecular formula is C20H15ClF3NO4S2. The van der Waals surface area contributed by atoms with Crippen molar-refractivity contribution in [2.45, 2.75) is 25.4 Å². The van der Waals surface area contributed by atoms with Crippen molar-refractivity contribution in [2.24, 2.45) is 0 Å². The maximum Gasteiger partial charge on any atom is 0.416 e. The Kier molecular flexibility index (Phi) is 7.13. The zero-order chi connectivity index (χ0) is 22.8. The van der Waals surface area contributed by atoms with Crippen molar-refractivity contribution < 1.29 is 32.3 Å². The van der Waals surface area contributed by atoms with Crippen LogP contribution >= 0.6 is 35.6 Å². The van der Waals surface area contributed by atoms with Gasteiger partial charge in [-0.25, -0.2) is 0 Å². The van der Waals surface area contributed by atoms with E-state index in [-0.39, 0.29) is 34.4 Å². The number of benzene rings is 1. The van der Waals surface area contributed by atoms with E-state index in [0.29, 0.717) is 28.6 Å². The monoisotopic (exact) mass is 489 g/mol. The molecule has 1 N–H and O–H groups in total. The molecular weight excluding hydrogens is 475 g/mol. The second-order valence-corrected chi connectivity index (χ2v) is 8.66. The number of carboxylic acids is 1. The molecule has 164 valence electrons. The summed E-state index contributed by atoms with van der Waals surface area (Å²) in [5, 5.41) is 8.78. The molecule has 1 fully saturated rings. The molecule has 0 spiro atoms.